The number of rotatable bonds is 7. The lowest BCUT2D eigenvalue weighted by molar-refractivity contribution is -0.119. The summed E-state index contributed by atoms with van der Waals surface area (Å²) in [6, 6.07) is 38.7. The van der Waals surface area contributed by atoms with Crippen LogP contribution in [0.2, 0.25) is 5.02 Å². The second-order valence-electron chi connectivity index (χ2n) is 9.08. The molecule has 4 aromatic rings. The number of nitrogens with zero attached hydrogens (tertiary/aromatic N) is 3. The summed E-state index contributed by atoms with van der Waals surface area (Å²) in [5.41, 5.74) is 4.27. The molecule has 4 nitrogen and oxygen atoms in total. The number of carbonyl (C=O) groups is 1. The van der Waals surface area contributed by atoms with Gasteiger partial charge < -0.3 is 0 Å². The lowest BCUT2D eigenvalue weighted by Gasteiger charge is -2.40. The highest BCUT2D eigenvalue weighted by molar-refractivity contribution is 6.30. The van der Waals surface area contributed by atoms with Crippen molar-refractivity contribution in [1.82, 2.24) is 9.80 Å². The van der Waals surface area contributed by atoms with Gasteiger partial charge in [0.25, 0.3) is 0 Å². The molecule has 0 saturated carbocycles. The number of carbonyl (C=O) groups excluding carboxylic acids is 1. The second kappa shape index (κ2) is 11.5. The summed E-state index contributed by atoms with van der Waals surface area (Å²) >= 11 is 6.17. The number of hydrogen-bond donors (Lipinski definition) is 0. The van der Waals surface area contributed by atoms with Crippen LogP contribution < -0.4 is 4.90 Å². The number of benzene rings is 4. The summed E-state index contributed by atoms with van der Waals surface area (Å²) in [5, 5.41) is 0.746. The number of para-hydroxylation sites is 2. The van der Waals surface area contributed by atoms with Crippen molar-refractivity contribution in [2.45, 2.75) is 6.04 Å². The summed E-state index contributed by atoms with van der Waals surface area (Å²) in [5.74, 6) is 0.0816. The van der Waals surface area contributed by atoms with E-state index >= 15 is 0 Å². The zero-order valence-electron chi connectivity index (χ0n) is 20.2. The van der Waals surface area contributed by atoms with Crippen molar-refractivity contribution in [2.24, 2.45) is 0 Å². The summed E-state index contributed by atoms with van der Waals surface area (Å²) in [7, 11) is 0. The fourth-order valence-corrected chi connectivity index (χ4v) is 5.05. The molecule has 0 bridgehead atoms. The molecule has 4 aromatic carbocycles. The molecular formula is C31H30ClN3O. The third kappa shape index (κ3) is 5.68. The van der Waals surface area contributed by atoms with E-state index < -0.39 is 0 Å². The van der Waals surface area contributed by atoms with Crippen LogP contribution in [-0.4, -0.2) is 48.4 Å². The molecule has 0 spiro atoms. The Morgan fingerprint density at radius 3 is 1.67 bits per heavy atom. The number of hydrogen-bond acceptors (Lipinski definition) is 3. The molecule has 1 atom stereocenters. The lowest BCUT2D eigenvalue weighted by atomic mass is 9.96. The first-order valence-electron chi connectivity index (χ1n) is 12.4. The van der Waals surface area contributed by atoms with Gasteiger partial charge in [-0.1, -0.05) is 90.5 Å². The van der Waals surface area contributed by atoms with E-state index in [0.29, 0.717) is 6.54 Å². The highest BCUT2D eigenvalue weighted by Gasteiger charge is 2.28. The Labute approximate surface area is 218 Å². The highest BCUT2D eigenvalue weighted by atomic mass is 35.5. The van der Waals surface area contributed by atoms with Crippen LogP contribution >= 0.6 is 11.6 Å². The largest absolute Gasteiger partial charge is 0.292 e. The summed E-state index contributed by atoms with van der Waals surface area (Å²) in [4.78, 5) is 20.2. The van der Waals surface area contributed by atoms with Crippen molar-refractivity contribution >= 4 is 28.9 Å². The molecule has 0 N–H and O–H groups in total. The van der Waals surface area contributed by atoms with Crippen molar-refractivity contribution in [1.29, 1.82) is 0 Å². The molecule has 1 saturated heterocycles. The third-order valence-electron chi connectivity index (χ3n) is 6.71. The standard InChI is InChI=1S/C31H30ClN3O/c32-27-18-16-26(17-19-27)31(25-10-4-1-5-11-25)34-22-20-33(21-23-34)24-30(36)35(28-12-6-2-7-13-28)29-14-8-3-9-15-29/h1-19,31H,20-24H2. The Kier molecular flexibility index (Phi) is 7.77. The van der Waals surface area contributed by atoms with Gasteiger partial charge in [-0.15, -0.1) is 0 Å². The second-order valence-corrected chi connectivity index (χ2v) is 9.51. The van der Waals surface area contributed by atoms with E-state index in [1.54, 1.807) is 0 Å². The molecular weight excluding hydrogens is 466 g/mol. The smallest absolute Gasteiger partial charge is 0.245 e. The van der Waals surface area contributed by atoms with Crippen molar-refractivity contribution in [2.75, 3.05) is 37.6 Å². The van der Waals surface area contributed by atoms with Crippen molar-refractivity contribution in [3.8, 4) is 0 Å². The minimum absolute atomic E-state index is 0.0816. The molecule has 1 amide bonds. The molecule has 36 heavy (non-hydrogen) atoms. The van der Waals surface area contributed by atoms with Crippen LogP contribution in [0.5, 0.6) is 0 Å². The van der Waals surface area contributed by atoms with Crippen LogP contribution in [0.4, 0.5) is 11.4 Å². The molecule has 0 aliphatic carbocycles. The van der Waals surface area contributed by atoms with E-state index in [-0.39, 0.29) is 11.9 Å². The Balaban J connectivity index is 1.30. The number of amides is 1. The van der Waals surface area contributed by atoms with Gasteiger partial charge in [0.2, 0.25) is 5.91 Å². The third-order valence-corrected chi connectivity index (χ3v) is 6.96. The van der Waals surface area contributed by atoms with Crippen LogP contribution in [0.1, 0.15) is 17.2 Å². The van der Waals surface area contributed by atoms with Gasteiger partial charge in [0.05, 0.1) is 12.6 Å². The van der Waals surface area contributed by atoms with E-state index in [0.717, 1.165) is 42.6 Å². The van der Waals surface area contributed by atoms with Gasteiger partial charge in [-0.3, -0.25) is 19.5 Å². The minimum Gasteiger partial charge on any atom is -0.292 e. The van der Waals surface area contributed by atoms with E-state index in [1.807, 2.05) is 77.7 Å². The number of anilines is 2. The van der Waals surface area contributed by atoms with E-state index in [1.165, 1.54) is 11.1 Å². The Bertz CT molecular complexity index is 1200. The molecule has 1 aliphatic rings. The van der Waals surface area contributed by atoms with Gasteiger partial charge in [-0.05, 0) is 47.5 Å². The zero-order valence-corrected chi connectivity index (χ0v) is 21.0. The molecule has 1 fully saturated rings. The van der Waals surface area contributed by atoms with Crippen molar-refractivity contribution in [3.05, 3.63) is 131 Å². The molecule has 5 rings (SSSR count). The molecule has 1 aliphatic heterocycles. The maximum Gasteiger partial charge on any atom is 0.245 e. The Morgan fingerprint density at radius 1 is 0.667 bits per heavy atom. The first-order chi connectivity index (χ1) is 17.7. The fraction of sp³-hybridized carbons (Fsp3) is 0.194. The van der Waals surface area contributed by atoms with E-state index in [4.69, 9.17) is 11.6 Å². The monoisotopic (exact) mass is 495 g/mol. The zero-order chi connectivity index (χ0) is 24.7. The first-order valence-corrected chi connectivity index (χ1v) is 12.8. The van der Waals surface area contributed by atoms with Crippen LogP contribution in [0, 0.1) is 0 Å². The van der Waals surface area contributed by atoms with Crippen molar-refractivity contribution < 1.29 is 4.79 Å². The SMILES string of the molecule is O=C(CN1CCN(C(c2ccccc2)c2ccc(Cl)cc2)CC1)N(c1ccccc1)c1ccccc1. The molecule has 0 radical (unpaired) electrons. The van der Waals surface area contributed by atoms with Gasteiger partial charge in [0.15, 0.2) is 0 Å². The predicted octanol–water partition coefficient (Wildman–Crippen LogP) is 6.41. The fourth-order valence-electron chi connectivity index (χ4n) is 4.93. The average Bonchev–Trinajstić information content (AvgIpc) is 2.93. The molecule has 182 valence electrons. The maximum absolute atomic E-state index is 13.6. The summed E-state index contributed by atoms with van der Waals surface area (Å²) < 4.78 is 0. The normalized spacial score (nSPS) is 15.4. The first kappa shape index (κ1) is 24.3. The topological polar surface area (TPSA) is 26.8 Å². The van der Waals surface area contributed by atoms with Crippen LogP contribution in [0.25, 0.3) is 0 Å². The molecule has 0 aromatic heterocycles. The summed E-state index contributed by atoms with van der Waals surface area (Å²) in [6.45, 7) is 3.81. The molecule has 1 heterocycles. The predicted molar refractivity (Wildman–Crippen MR) is 148 cm³/mol. The quantitative estimate of drug-likeness (QED) is 0.296. The van der Waals surface area contributed by atoms with E-state index in [9.17, 15) is 4.79 Å². The Morgan fingerprint density at radius 2 is 1.14 bits per heavy atom. The summed E-state index contributed by atoms with van der Waals surface area (Å²) in [6.07, 6.45) is 0. The van der Waals surface area contributed by atoms with Crippen molar-refractivity contribution in [3.63, 3.8) is 0 Å². The van der Waals surface area contributed by atoms with E-state index in [2.05, 4.69) is 52.3 Å². The molecule has 1 unspecified atom stereocenters. The van der Waals surface area contributed by atoms with Gasteiger partial charge in [-0.2, -0.15) is 0 Å². The lowest BCUT2D eigenvalue weighted by Crippen LogP contribution is -2.50. The van der Waals surface area contributed by atoms with Gasteiger partial charge in [0.1, 0.15) is 0 Å². The number of halogens is 1. The van der Waals surface area contributed by atoms with Crippen LogP contribution in [-0.2, 0) is 4.79 Å². The van der Waals surface area contributed by atoms with Gasteiger partial charge >= 0.3 is 0 Å². The molecule has 5 heteroatoms. The minimum atomic E-state index is 0.0816. The van der Waals surface area contributed by atoms with Crippen LogP contribution in [0.15, 0.2) is 115 Å². The Hall–Kier alpha value is -3.44. The average molecular weight is 496 g/mol. The van der Waals surface area contributed by atoms with Gasteiger partial charge in [-0.25, -0.2) is 0 Å². The van der Waals surface area contributed by atoms with Crippen LogP contribution in [0.3, 0.4) is 0 Å². The maximum atomic E-state index is 13.6. The highest BCUT2D eigenvalue weighted by Crippen LogP contribution is 2.31. The number of piperazine rings is 1. The van der Waals surface area contributed by atoms with Gasteiger partial charge in [0, 0.05) is 42.6 Å².